The molecule has 35 heavy (non-hydrogen) atoms. The maximum Gasteiger partial charge on any atom is 0.432 e. The Morgan fingerprint density at radius 2 is 1.91 bits per heavy atom. The first kappa shape index (κ1) is 24.1. The van der Waals surface area contributed by atoms with Crippen LogP contribution in [0.25, 0.3) is 0 Å². The predicted octanol–water partition coefficient (Wildman–Crippen LogP) is 3.19. The normalized spacial score (nSPS) is 15.5. The van der Waals surface area contributed by atoms with Crippen LogP contribution in [0.3, 0.4) is 0 Å². The highest BCUT2D eigenvalue weighted by atomic mass is 32.2. The van der Waals surface area contributed by atoms with E-state index in [2.05, 4.69) is 10.3 Å². The van der Waals surface area contributed by atoms with Gasteiger partial charge in [0, 0.05) is 36.9 Å². The first-order valence-corrected chi connectivity index (χ1v) is 11.9. The third kappa shape index (κ3) is 5.40. The molecule has 0 fully saturated rings. The summed E-state index contributed by atoms with van der Waals surface area (Å²) < 4.78 is 38.8. The molecule has 3 N–H and O–H groups in total. The molecule has 0 bridgehead atoms. The van der Waals surface area contributed by atoms with Gasteiger partial charge in [0.05, 0.1) is 6.20 Å². The monoisotopic (exact) mass is 498 g/mol. The number of rotatable bonds is 6. The van der Waals surface area contributed by atoms with E-state index in [4.69, 9.17) is 14.7 Å². The zero-order chi connectivity index (χ0) is 25.0. The van der Waals surface area contributed by atoms with Gasteiger partial charge in [0.2, 0.25) is 21.8 Å². The van der Waals surface area contributed by atoms with Crippen LogP contribution in [-0.2, 0) is 26.0 Å². The molecular weight excluding hydrogens is 476 g/mol. The van der Waals surface area contributed by atoms with E-state index in [-0.39, 0.29) is 23.2 Å². The van der Waals surface area contributed by atoms with Crippen LogP contribution in [0.1, 0.15) is 24.3 Å². The number of sulfonamides is 1. The summed E-state index contributed by atoms with van der Waals surface area (Å²) in [6.07, 6.45) is -0.902. The van der Waals surface area contributed by atoms with E-state index in [1.54, 1.807) is 42.5 Å². The maximum absolute atomic E-state index is 13.4. The van der Waals surface area contributed by atoms with Crippen LogP contribution >= 0.6 is 0 Å². The molecule has 0 aliphatic carbocycles. The molecule has 1 aromatic heterocycles. The molecule has 1 unspecified atom stereocenters. The molecule has 3 aromatic rings. The Balaban J connectivity index is 1.57. The van der Waals surface area contributed by atoms with Gasteiger partial charge in [-0.2, -0.15) is 4.31 Å². The van der Waals surface area contributed by atoms with Crippen molar-refractivity contribution in [2.45, 2.75) is 24.5 Å². The standard InChI is InChI=1S/C23H22N4O7S/c1-15(28)25-17-6-4-7-18(13-17)33-21-10-9-19(14-24-21)35(31,32)27-12-11-16-5-2-3-8-20(16)22(27)34-23(29)26-30/h2-10,13-14,22,30H,11-12H2,1H3,(H,25,28)(H,26,29). The molecule has 2 heterocycles. The molecule has 0 spiro atoms. The Bertz CT molecular complexity index is 1350. The number of carbonyl (C=O) groups excluding carboxylic acids is 2. The van der Waals surface area contributed by atoms with Gasteiger partial charge in [-0.1, -0.05) is 30.3 Å². The molecule has 2 aromatic carbocycles. The molecule has 1 aliphatic rings. The molecule has 1 aliphatic heterocycles. The second kappa shape index (κ2) is 10.1. The molecule has 0 radical (unpaired) electrons. The average Bonchev–Trinajstić information content (AvgIpc) is 2.84. The van der Waals surface area contributed by atoms with Gasteiger partial charge in [0.1, 0.15) is 10.6 Å². The number of amides is 2. The molecule has 4 rings (SSSR count). The number of ether oxygens (including phenoxy) is 2. The fourth-order valence-corrected chi connectivity index (χ4v) is 5.12. The number of hydrogen-bond donors (Lipinski definition) is 3. The van der Waals surface area contributed by atoms with E-state index in [0.717, 1.165) is 16.1 Å². The first-order chi connectivity index (χ1) is 16.8. The Hall–Kier alpha value is -4.00. The molecule has 0 saturated heterocycles. The molecule has 2 amide bonds. The average molecular weight is 499 g/mol. The molecular formula is C23H22N4O7S. The number of benzene rings is 2. The summed E-state index contributed by atoms with van der Waals surface area (Å²) in [7, 11) is -4.14. The fourth-order valence-electron chi connectivity index (χ4n) is 3.68. The Kier molecular flexibility index (Phi) is 6.96. The first-order valence-electron chi connectivity index (χ1n) is 10.5. The van der Waals surface area contributed by atoms with Crippen molar-refractivity contribution >= 4 is 27.7 Å². The number of pyridine rings is 1. The number of aromatic nitrogens is 1. The zero-order valence-corrected chi connectivity index (χ0v) is 19.4. The molecule has 11 nitrogen and oxygen atoms in total. The lowest BCUT2D eigenvalue weighted by atomic mass is 10.00. The maximum atomic E-state index is 13.4. The van der Waals surface area contributed by atoms with Gasteiger partial charge >= 0.3 is 6.09 Å². The summed E-state index contributed by atoms with van der Waals surface area (Å²) in [5.74, 6) is 0.310. The molecule has 12 heteroatoms. The number of nitrogens with one attached hydrogen (secondary N) is 2. The Morgan fingerprint density at radius 1 is 1.11 bits per heavy atom. The lowest BCUT2D eigenvalue weighted by molar-refractivity contribution is -0.114. The minimum absolute atomic E-state index is 0.0525. The summed E-state index contributed by atoms with van der Waals surface area (Å²) in [6.45, 7) is 1.44. The van der Waals surface area contributed by atoms with Crippen LogP contribution < -0.4 is 15.5 Å². The van der Waals surface area contributed by atoms with Gasteiger partial charge in [0.25, 0.3) is 0 Å². The van der Waals surface area contributed by atoms with Crippen LogP contribution in [0, 0.1) is 0 Å². The van der Waals surface area contributed by atoms with Gasteiger partial charge in [-0.3, -0.25) is 10.0 Å². The second-order valence-corrected chi connectivity index (χ2v) is 9.47. The van der Waals surface area contributed by atoms with Gasteiger partial charge in [-0.05, 0) is 30.2 Å². The Morgan fingerprint density at radius 3 is 2.63 bits per heavy atom. The minimum atomic E-state index is -4.14. The minimum Gasteiger partial charge on any atom is -0.439 e. The van der Waals surface area contributed by atoms with Crippen molar-refractivity contribution in [2.24, 2.45) is 0 Å². The molecule has 182 valence electrons. The van der Waals surface area contributed by atoms with Crippen LogP contribution in [0.5, 0.6) is 11.6 Å². The van der Waals surface area contributed by atoms with Crippen LogP contribution in [0.2, 0.25) is 0 Å². The van der Waals surface area contributed by atoms with E-state index < -0.39 is 22.3 Å². The predicted molar refractivity (Wildman–Crippen MR) is 123 cm³/mol. The van der Waals surface area contributed by atoms with E-state index in [9.17, 15) is 18.0 Å². The zero-order valence-electron chi connectivity index (χ0n) is 18.5. The quantitative estimate of drug-likeness (QED) is 0.347. The van der Waals surface area contributed by atoms with E-state index in [0.29, 0.717) is 23.4 Å². The highest BCUT2D eigenvalue weighted by Gasteiger charge is 2.39. The lowest BCUT2D eigenvalue weighted by Crippen LogP contribution is -2.43. The van der Waals surface area contributed by atoms with Crippen LogP contribution in [-0.4, -0.2) is 41.5 Å². The van der Waals surface area contributed by atoms with Crippen molar-refractivity contribution in [2.75, 3.05) is 11.9 Å². The summed E-state index contributed by atoms with van der Waals surface area (Å²) in [5, 5.41) is 11.5. The van der Waals surface area contributed by atoms with Crippen LogP contribution in [0.15, 0.2) is 71.8 Å². The van der Waals surface area contributed by atoms with Gasteiger partial charge < -0.3 is 14.8 Å². The van der Waals surface area contributed by atoms with Crippen LogP contribution in [0.4, 0.5) is 10.5 Å². The largest absolute Gasteiger partial charge is 0.439 e. The third-order valence-electron chi connectivity index (χ3n) is 5.19. The topological polar surface area (TPSA) is 147 Å². The summed E-state index contributed by atoms with van der Waals surface area (Å²) >= 11 is 0. The highest BCUT2D eigenvalue weighted by molar-refractivity contribution is 7.89. The number of nitrogens with zero attached hydrogens (tertiary/aromatic N) is 2. The second-order valence-electron chi connectivity index (χ2n) is 7.58. The van der Waals surface area contributed by atoms with Crippen molar-refractivity contribution in [1.29, 1.82) is 0 Å². The van der Waals surface area contributed by atoms with Crippen molar-refractivity contribution in [3.63, 3.8) is 0 Å². The number of anilines is 1. The smallest absolute Gasteiger partial charge is 0.432 e. The number of fused-ring (bicyclic) bond motifs is 1. The molecule has 1 atom stereocenters. The van der Waals surface area contributed by atoms with Gasteiger partial charge in [-0.15, -0.1) is 0 Å². The van der Waals surface area contributed by atoms with Crippen molar-refractivity contribution in [1.82, 2.24) is 14.8 Å². The third-order valence-corrected chi connectivity index (χ3v) is 7.02. The van der Waals surface area contributed by atoms with Crippen molar-refractivity contribution < 1.29 is 32.7 Å². The van der Waals surface area contributed by atoms with Crippen molar-refractivity contribution in [3.05, 3.63) is 78.0 Å². The summed E-state index contributed by atoms with van der Waals surface area (Å²) in [6, 6.07) is 16.4. The number of carbonyl (C=O) groups is 2. The highest BCUT2D eigenvalue weighted by Crippen LogP contribution is 2.35. The van der Waals surface area contributed by atoms with E-state index in [1.807, 2.05) is 6.07 Å². The van der Waals surface area contributed by atoms with Gasteiger partial charge in [-0.25, -0.2) is 23.7 Å². The SMILES string of the molecule is CC(=O)Nc1cccc(Oc2ccc(S(=O)(=O)N3CCc4ccccc4C3OC(=O)NO)cn2)c1. The lowest BCUT2D eigenvalue weighted by Gasteiger charge is -2.35. The number of hydroxylamine groups is 1. The molecule has 0 saturated carbocycles. The van der Waals surface area contributed by atoms with E-state index >= 15 is 0 Å². The fraction of sp³-hybridized carbons (Fsp3) is 0.174. The van der Waals surface area contributed by atoms with Crippen molar-refractivity contribution in [3.8, 4) is 11.6 Å². The summed E-state index contributed by atoms with van der Waals surface area (Å²) in [4.78, 5) is 27.0. The Labute approximate surface area is 201 Å². The van der Waals surface area contributed by atoms with Gasteiger partial charge in [0.15, 0.2) is 6.23 Å². The van der Waals surface area contributed by atoms with E-state index in [1.165, 1.54) is 24.5 Å². The summed E-state index contributed by atoms with van der Waals surface area (Å²) in [5.41, 5.74) is 3.23. The number of hydrogen-bond acceptors (Lipinski definition) is 8.